The van der Waals surface area contributed by atoms with Crippen LogP contribution in [0.2, 0.25) is 0 Å². The highest BCUT2D eigenvalue weighted by Gasteiger charge is 2.27. The number of amides is 2. The summed E-state index contributed by atoms with van der Waals surface area (Å²) in [5.74, 6) is -0.548. The van der Waals surface area contributed by atoms with Crippen LogP contribution < -0.4 is 21.3 Å². The number of likely N-dealkylation sites (tertiary alicyclic amines) is 1. The van der Waals surface area contributed by atoms with Crippen LogP contribution in [0.1, 0.15) is 61.9 Å². The van der Waals surface area contributed by atoms with Gasteiger partial charge in [-0.3, -0.25) is 9.78 Å². The van der Waals surface area contributed by atoms with E-state index in [1.807, 2.05) is 6.07 Å². The number of carbonyl (C=O) groups is 2. The van der Waals surface area contributed by atoms with Crippen molar-refractivity contribution in [3.63, 3.8) is 0 Å². The van der Waals surface area contributed by atoms with Crippen LogP contribution in [-0.4, -0.2) is 80.8 Å². The molecule has 3 fully saturated rings. The molecule has 41 heavy (non-hydrogen) atoms. The third-order valence-corrected chi connectivity index (χ3v) is 7.85. The third-order valence-electron chi connectivity index (χ3n) is 7.85. The van der Waals surface area contributed by atoms with Gasteiger partial charge in [0.1, 0.15) is 11.9 Å². The summed E-state index contributed by atoms with van der Waals surface area (Å²) in [6.45, 7) is 3.68. The highest BCUT2D eigenvalue weighted by atomic mass is 19.1. The number of ether oxygens (including phenoxy) is 1. The number of carbonyl (C=O) groups excluding carboxylic acids is 2. The number of halogens is 1. The summed E-state index contributed by atoms with van der Waals surface area (Å²) in [4.78, 5) is 35.8. The van der Waals surface area contributed by atoms with E-state index < -0.39 is 11.7 Å². The van der Waals surface area contributed by atoms with Crippen LogP contribution in [0.3, 0.4) is 0 Å². The van der Waals surface area contributed by atoms with Gasteiger partial charge in [0.2, 0.25) is 0 Å². The average molecular weight is 566 g/mol. The molecule has 0 spiro atoms. The molecule has 2 aliphatic carbocycles. The minimum Gasteiger partial charge on any atom is -0.446 e. The second-order valence-corrected chi connectivity index (χ2v) is 11.0. The first kappa shape index (κ1) is 27.2. The summed E-state index contributed by atoms with van der Waals surface area (Å²) in [6.07, 6.45) is 11.2. The molecule has 0 unspecified atom stereocenters. The van der Waals surface area contributed by atoms with Crippen molar-refractivity contribution in [3.8, 4) is 0 Å². The van der Waals surface area contributed by atoms with E-state index in [0.717, 1.165) is 70.0 Å². The van der Waals surface area contributed by atoms with Gasteiger partial charge >= 0.3 is 6.09 Å². The van der Waals surface area contributed by atoms with Gasteiger partial charge in [-0.05, 0) is 70.5 Å². The number of anilines is 3. The second kappa shape index (κ2) is 12.2. The van der Waals surface area contributed by atoms with Gasteiger partial charge in [0.05, 0.1) is 23.8 Å². The number of fused-ring (bicyclic) bond motifs is 1. The molecule has 6 rings (SSSR count). The molecule has 3 aromatic heterocycles. The number of aromatic nitrogens is 4. The van der Waals surface area contributed by atoms with Gasteiger partial charge in [-0.25, -0.2) is 18.7 Å². The topological polar surface area (TPSA) is 138 Å². The van der Waals surface area contributed by atoms with Crippen molar-refractivity contribution >= 4 is 34.8 Å². The fraction of sp³-hybridized carbons (Fsp3) is 0.536. The van der Waals surface area contributed by atoms with Crippen molar-refractivity contribution in [2.75, 3.05) is 42.1 Å². The van der Waals surface area contributed by atoms with Gasteiger partial charge in [-0.1, -0.05) is 0 Å². The highest BCUT2D eigenvalue weighted by Crippen LogP contribution is 2.30. The number of hydrogen-bond acceptors (Lipinski definition) is 9. The number of nitrogens with one attached hydrogen (secondary N) is 4. The Morgan fingerprint density at radius 1 is 1.00 bits per heavy atom. The van der Waals surface area contributed by atoms with Crippen LogP contribution in [-0.2, 0) is 4.74 Å². The van der Waals surface area contributed by atoms with Crippen molar-refractivity contribution in [2.24, 2.45) is 0 Å². The van der Waals surface area contributed by atoms with Crippen LogP contribution in [0.4, 0.5) is 26.4 Å². The maximum Gasteiger partial charge on any atom is 0.407 e. The Morgan fingerprint density at radius 2 is 1.76 bits per heavy atom. The molecule has 12 nitrogen and oxygen atoms in total. The molecule has 3 aromatic rings. The van der Waals surface area contributed by atoms with E-state index in [-0.39, 0.29) is 29.6 Å². The highest BCUT2D eigenvalue weighted by molar-refractivity contribution is 6.03. The molecule has 218 valence electrons. The first-order chi connectivity index (χ1) is 20.0. The molecule has 4 N–H and O–H groups in total. The molecule has 13 heteroatoms. The van der Waals surface area contributed by atoms with Crippen molar-refractivity contribution in [1.82, 2.24) is 29.8 Å². The Labute approximate surface area is 237 Å². The zero-order valence-electron chi connectivity index (χ0n) is 22.9. The smallest absolute Gasteiger partial charge is 0.407 e. The monoisotopic (exact) mass is 565 g/mol. The standard InChI is InChI=1S/C28H36FN9O3/c29-21-16-30-10-9-22(21)35-27(39)24-17-32-26-23(33-18-3-4-18)15-25(36-38(24)26)34-19-5-7-20(8-6-19)41-28(40)31-11-14-37-12-1-2-13-37/h9-10,15-20,33H,1-8,11-14H2,(H,31,40)(H,34,36)(H,30,35,39). The van der Waals surface area contributed by atoms with E-state index in [1.165, 1.54) is 35.8 Å². The molecule has 0 aromatic carbocycles. The van der Waals surface area contributed by atoms with Crippen LogP contribution in [0.15, 0.2) is 30.7 Å². The number of alkyl carbamates (subject to hydrolysis) is 1. The first-order valence-corrected chi connectivity index (χ1v) is 14.5. The number of pyridine rings is 1. The molecular formula is C28H36FN9O3. The van der Waals surface area contributed by atoms with E-state index >= 15 is 0 Å². The summed E-state index contributed by atoms with van der Waals surface area (Å²) in [7, 11) is 0. The van der Waals surface area contributed by atoms with Crippen molar-refractivity contribution < 1.29 is 18.7 Å². The normalized spacial score (nSPS) is 21.0. The van der Waals surface area contributed by atoms with Crippen molar-refractivity contribution in [3.05, 3.63) is 42.2 Å². The van der Waals surface area contributed by atoms with Crippen LogP contribution in [0.25, 0.3) is 5.65 Å². The molecule has 2 amide bonds. The Bertz CT molecular complexity index is 1380. The quantitative estimate of drug-likeness (QED) is 0.290. The van der Waals surface area contributed by atoms with Gasteiger partial charge in [0, 0.05) is 37.4 Å². The average Bonchev–Trinajstić information content (AvgIpc) is 3.43. The van der Waals surface area contributed by atoms with E-state index in [9.17, 15) is 14.0 Å². The van der Waals surface area contributed by atoms with Gasteiger partial charge < -0.3 is 30.9 Å². The third kappa shape index (κ3) is 6.84. The number of nitrogens with zero attached hydrogens (tertiary/aromatic N) is 5. The summed E-state index contributed by atoms with van der Waals surface area (Å²) in [5.41, 5.74) is 1.52. The fourth-order valence-corrected chi connectivity index (χ4v) is 5.46. The summed E-state index contributed by atoms with van der Waals surface area (Å²) in [5, 5.41) is 17.1. The Hall–Kier alpha value is -4.00. The number of hydrogen-bond donors (Lipinski definition) is 4. The Kier molecular flexibility index (Phi) is 8.12. The summed E-state index contributed by atoms with van der Waals surface area (Å²) in [6, 6.07) is 3.82. The maximum atomic E-state index is 14.1. The molecule has 1 saturated heterocycles. The maximum absolute atomic E-state index is 14.1. The van der Waals surface area contributed by atoms with Crippen LogP contribution in [0.5, 0.6) is 0 Å². The number of imidazole rings is 1. The van der Waals surface area contributed by atoms with E-state index in [4.69, 9.17) is 4.74 Å². The van der Waals surface area contributed by atoms with Gasteiger partial charge in [-0.15, -0.1) is 5.10 Å². The van der Waals surface area contributed by atoms with Gasteiger partial charge in [0.25, 0.3) is 5.91 Å². The zero-order chi connectivity index (χ0) is 28.2. The molecule has 3 aliphatic rings. The largest absolute Gasteiger partial charge is 0.446 e. The predicted molar refractivity (Wildman–Crippen MR) is 152 cm³/mol. The molecule has 0 radical (unpaired) electrons. The lowest BCUT2D eigenvalue weighted by molar-refractivity contribution is 0.0727. The molecule has 4 heterocycles. The summed E-state index contributed by atoms with van der Waals surface area (Å²) < 4.78 is 21.2. The van der Waals surface area contributed by atoms with Gasteiger partial charge in [-0.2, -0.15) is 0 Å². The first-order valence-electron chi connectivity index (χ1n) is 14.5. The minimum atomic E-state index is -0.625. The number of rotatable bonds is 10. The Morgan fingerprint density at radius 3 is 2.51 bits per heavy atom. The van der Waals surface area contributed by atoms with E-state index in [2.05, 4.69) is 41.2 Å². The lowest BCUT2D eigenvalue weighted by Crippen LogP contribution is -2.37. The van der Waals surface area contributed by atoms with Crippen LogP contribution >= 0.6 is 0 Å². The van der Waals surface area contributed by atoms with Crippen molar-refractivity contribution in [1.29, 1.82) is 0 Å². The van der Waals surface area contributed by atoms with Gasteiger partial charge in [0.15, 0.2) is 17.2 Å². The van der Waals surface area contributed by atoms with Crippen LogP contribution in [0, 0.1) is 5.82 Å². The zero-order valence-corrected chi connectivity index (χ0v) is 22.9. The van der Waals surface area contributed by atoms with E-state index in [0.29, 0.717) is 24.1 Å². The minimum absolute atomic E-state index is 0.0322. The lowest BCUT2D eigenvalue weighted by Gasteiger charge is -2.29. The van der Waals surface area contributed by atoms with Crippen molar-refractivity contribution in [2.45, 2.75) is 69.6 Å². The predicted octanol–water partition coefficient (Wildman–Crippen LogP) is 3.64. The fourth-order valence-electron chi connectivity index (χ4n) is 5.46. The molecule has 0 atom stereocenters. The molecule has 2 saturated carbocycles. The van der Waals surface area contributed by atoms with E-state index in [1.54, 1.807) is 0 Å². The Balaban J connectivity index is 1.08. The molecule has 1 aliphatic heterocycles. The molecule has 0 bridgehead atoms. The lowest BCUT2D eigenvalue weighted by atomic mass is 9.93. The molecular weight excluding hydrogens is 529 g/mol. The summed E-state index contributed by atoms with van der Waals surface area (Å²) >= 11 is 0. The second-order valence-electron chi connectivity index (χ2n) is 11.0. The SMILES string of the molecule is O=C(NCCN1CCCC1)OC1CCC(Nc2cc(NC3CC3)c3ncc(C(=O)Nc4ccncc4F)n3n2)CC1.